The highest BCUT2D eigenvalue weighted by Gasteiger charge is 2.22. The fraction of sp³-hybridized carbons (Fsp3) is 0.714. The molecule has 1 aliphatic rings. The van der Waals surface area contributed by atoms with Gasteiger partial charge in [-0.1, -0.05) is 31.4 Å². The van der Waals surface area contributed by atoms with Crippen molar-refractivity contribution in [3.63, 3.8) is 0 Å². The van der Waals surface area contributed by atoms with E-state index in [0.29, 0.717) is 5.15 Å². The molecule has 1 unspecified atom stereocenters. The van der Waals surface area contributed by atoms with Crippen molar-refractivity contribution >= 4 is 17.4 Å². The molecule has 1 aliphatic heterocycles. The molecule has 0 radical (unpaired) electrons. The molecule has 0 bridgehead atoms. The fourth-order valence-electron chi connectivity index (χ4n) is 2.60. The average Bonchev–Trinajstić information content (AvgIpc) is 2.63. The van der Waals surface area contributed by atoms with Crippen molar-refractivity contribution in [3.05, 3.63) is 17.0 Å². The van der Waals surface area contributed by atoms with E-state index in [1.165, 1.54) is 12.8 Å². The van der Waals surface area contributed by atoms with Crippen LogP contribution in [0.25, 0.3) is 0 Å². The molecule has 19 heavy (non-hydrogen) atoms. The zero-order chi connectivity index (χ0) is 13.7. The maximum atomic E-state index is 9.57. The quantitative estimate of drug-likeness (QED) is 0.863. The molecule has 1 saturated heterocycles. The van der Waals surface area contributed by atoms with Crippen LogP contribution in [0.5, 0.6) is 0 Å². The number of nitrogens with zero attached hydrogens (tertiary/aromatic N) is 3. The molecule has 0 amide bonds. The lowest BCUT2D eigenvalue weighted by atomic mass is 10.1. The van der Waals surface area contributed by atoms with Gasteiger partial charge in [0.2, 0.25) is 0 Å². The predicted molar refractivity (Wildman–Crippen MR) is 77.7 cm³/mol. The highest BCUT2D eigenvalue weighted by atomic mass is 35.5. The van der Waals surface area contributed by atoms with Crippen molar-refractivity contribution in [2.24, 2.45) is 0 Å². The van der Waals surface area contributed by atoms with E-state index in [-0.39, 0.29) is 12.6 Å². The van der Waals surface area contributed by atoms with Crippen LogP contribution in [0, 0.1) is 0 Å². The number of rotatable bonds is 4. The molecular weight excluding hydrogens is 262 g/mol. The van der Waals surface area contributed by atoms with Crippen LogP contribution in [-0.2, 0) is 6.42 Å². The van der Waals surface area contributed by atoms with Crippen molar-refractivity contribution in [3.8, 4) is 0 Å². The number of hydrogen-bond acceptors (Lipinski definition) is 4. The van der Waals surface area contributed by atoms with E-state index in [9.17, 15) is 5.11 Å². The number of hydrogen-bond donors (Lipinski definition) is 1. The highest BCUT2D eigenvalue weighted by molar-refractivity contribution is 6.29. The molecule has 0 saturated carbocycles. The third kappa shape index (κ3) is 3.80. The van der Waals surface area contributed by atoms with Crippen LogP contribution < -0.4 is 4.90 Å². The van der Waals surface area contributed by atoms with Crippen LogP contribution in [-0.4, -0.2) is 34.3 Å². The molecule has 0 aliphatic carbocycles. The number of aliphatic hydroxyl groups excluding tert-OH is 1. The summed E-state index contributed by atoms with van der Waals surface area (Å²) >= 11 is 6.10. The Morgan fingerprint density at radius 1 is 1.37 bits per heavy atom. The lowest BCUT2D eigenvalue weighted by molar-refractivity contribution is 0.254. The van der Waals surface area contributed by atoms with Crippen LogP contribution in [0.15, 0.2) is 6.07 Å². The minimum Gasteiger partial charge on any atom is -0.394 e. The van der Waals surface area contributed by atoms with Gasteiger partial charge in [0.1, 0.15) is 16.8 Å². The van der Waals surface area contributed by atoms with Gasteiger partial charge in [0.25, 0.3) is 0 Å². The molecule has 1 atom stereocenters. The molecular formula is C14H22ClN3O. The predicted octanol–water partition coefficient (Wildman–Crippen LogP) is 2.82. The second-order valence-electron chi connectivity index (χ2n) is 5.09. The Labute approximate surface area is 119 Å². The van der Waals surface area contributed by atoms with E-state index in [2.05, 4.69) is 21.8 Å². The van der Waals surface area contributed by atoms with Crippen LogP contribution in [0.2, 0.25) is 5.15 Å². The smallest absolute Gasteiger partial charge is 0.134 e. The largest absolute Gasteiger partial charge is 0.394 e. The lowest BCUT2D eigenvalue weighted by Crippen LogP contribution is -2.38. The summed E-state index contributed by atoms with van der Waals surface area (Å²) in [7, 11) is 0. The van der Waals surface area contributed by atoms with E-state index in [4.69, 9.17) is 11.6 Å². The van der Waals surface area contributed by atoms with Gasteiger partial charge >= 0.3 is 0 Å². The van der Waals surface area contributed by atoms with Gasteiger partial charge in [0.05, 0.1) is 12.6 Å². The number of aliphatic hydroxyl groups is 1. The van der Waals surface area contributed by atoms with Crippen molar-refractivity contribution in [1.82, 2.24) is 9.97 Å². The summed E-state index contributed by atoms with van der Waals surface area (Å²) in [6.07, 6.45) is 6.38. The molecule has 106 valence electrons. The average molecular weight is 284 g/mol. The maximum Gasteiger partial charge on any atom is 0.134 e. The van der Waals surface area contributed by atoms with E-state index < -0.39 is 0 Å². The maximum absolute atomic E-state index is 9.57. The van der Waals surface area contributed by atoms with E-state index in [0.717, 1.165) is 43.9 Å². The fourth-order valence-corrected chi connectivity index (χ4v) is 2.80. The zero-order valence-electron chi connectivity index (χ0n) is 11.5. The van der Waals surface area contributed by atoms with Gasteiger partial charge in [0, 0.05) is 19.0 Å². The van der Waals surface area contributed by atoms with Crippen LogP contribution in [0.1, 0.15) is 44.9 Å². The topological polar surface area (TPSA) is 49.2 Å². The van der Waals surface area contributed by atoms with Crippen LogP contribution >= 0.6 is 11.6 Å². The van der Waals surface area contributed by atoms with Crippen molar-refractivity contribution < 1.29 is 5.11 Å². The third-order valence-electron chi connectivity index (χ3n) is 3.58. The van der Waals surface area contributed by atoms with E-state index >= 15 is 0 Å². The van der Waals surface area contributed by atoms with Gasteiger partial charge < -0.3 is 10.0 Å². The Balaban J connectivity index is 2.26. The van der Waals surface area contributed by atoms with Gasteiger partial charge in [-0.3, -0.25) is 0 Å². The standard InChI is InChI=1S/C14H22ClN3O/c1-2-6-13-16-12(15)9-14(17-13)18-8-5-3-4-7-11(18)10-19/h9,11,19H,2-8,10H2,1H3. The molecule has 1 fully saturated rings. The first-order chi connectivity index (χ1) is 9.24. The molecule has 0 spiro atoms. The first-order valence-corrected chi connectivity index (χ1v) is 7.53. The van der Waals surface area contributed by atoms with E-state index in [1.807, 2.05) is 6.07 Å². The summed E-state index contributed by atoms with van der Waals surface area (Å²) in [6, 6.07) is 1.97. The van der Waals surface area contributed by atoms with Gasteiger partial charge in [-0.2, -0.15) is 0 Å². The summed E-state index contributed by atoms with van der Waals surface area (Å²) < 4.78 is 0. The number of anilines is 1. The molecule has 5 heteroatoms. The Morgan fingerprint density at radius 2 is 2.21 bits per heavy atom. The second kappa shape index (κ2) is 7.06. The highest BCUT2D eigenvalue weighted by Crippen LogP contribution is 2.24. The van der Waals surface area contributed by atoms with Crippen LogP contribution in [0.4, 0.5) is 5.82 Å². The van der Waals surface area contributed by atoms with Gasteiger partial charge in [-0.05, 0) is 19.3 Å². The molecule has 2 heterocycles. The Bertz CT molecular complexity index is 414. The molecule has 1 aromatic rings. The molecule has 2 rings (SSSR count). The molecule has 4 nitrogen and oxygen atoms in total. The summed E-state index contributed by atoms with van der Waals surface area (Å²) in [5.41, 5.74) is 0. The SMILES string of the molecule is CCCc1nc(Cl)cc(N2CCCCCC2CO)n1. The summed E-state index contributed by atoms with van der Waals surface area (Å²) in [6.45, 7) is 3.21. The molecule has 1 N–H and O–H groups in total. The first kappa shape index (κ1) is 14.5. The normalized spacial score (nSPS) is 20.4. The Kier molecular flexibility index (Phi) is 5.40. The van der Waals surface area contributed by atoms with Crippen molar-refractivity contribution in [2.45, 2.75) is 51.5 Å². The van der Waals surface area contributed by atoms with Crippen molar-refractivity contribution in [1.29, 1.82) is 0 Å². The lowest BCUT2D eigenvalue weighted by Gasteiger charge is -2.30. The third-order valence-corrected chi connectivity index (χ3v) is 3.78. The Hall–Kier alpha value is -0.870. The summed E-state index contributed by atoms with van der Waals surface area (Å²) in [5.74, 6) is 1.66. The molecule has 1 aromatic heterocycles. The monoisotopic (exact) mass is 283 g/mol. The van der Waals surface area contributed by atoms with Crippen LogP contribution in [0.3, 0.4) is 0 Å². The molecule has 0 aromatic carbocycles. The minimum atomic E-state index is 0.156. The Morgan fingerprint density at radius 3 is 2.95 bits per heavy atom. The minimum absolute atomic E-state index is 0.156. The van der Waals surface area contributed by atoms with Gasteiger partial charge in [-0.15, -0.1) is 0 Å². The van der Waals surface area contributed by atoms with Crippen molar-refractivity contribution in [2.75, 3.05) is 18.1 Å². The second-order valence-corrected chi connectivity index (χ2v) is 5.48. The summed E-state index contributed by atoms with van der Waals surface area (Å²) in [5, 5.41) is 10.1. The number of aryl methyl sites for hydroxylation is 1. The van der Waals surface area contributed by atoms with E-state index in [1.54, 1.807) is 0 Å². The first-order valence-electron chi connectivity index (χ1n) is 7.15. The van der Waals surface area contributed by atoms with Gasteiger partial charge in [-0.25, -0.2) is 9.97 Å². The van der Waals surface area contributed by atoms with Gasteiger partial charge in [0.15, 0.2) is 0 Å². The summed E-state index contributed by atoms with van der Waals surface area (Å²) in [4.78, 5) is 11.1. The number of halogens is 1. The zero-order valence-corrected chi connectivity index (χ0v) is 12.2. The number of aromatic nitrogens is 2.